The number of carbonyl (C=O) groups is 2. The lowest BCUT2D eigenvalue weighted by molar-refractivity contribution is -0.116. The van der Waals surface area contributed by atoms with Gasteiger partial charge >= 0.3 is 6.03 Å². The molecular formula is C22H30N4O3. The normalized spacial score (nSPS) is 14.7. The smallest absolute Gasteiger partial charge is 0.342 e. The number of aromatic nitrogens is 2. The third-order valence-corrected chi connectivity index (χ3v) is 5.06. The first-order chi connectivity index (χ1) is 13.8. The highest BCUT2D eigenvalue weighted by Crippen LogP contribution is 2.42. The van der Waals surface area contributed by atoms with E-state index in [1.54, 1.807) is 12.1 Å². The Bertz CT molecular complexity index is 899. The van der Waals surface area contributed by atoms with Gasteiger partial charge in [0.2, 0.25) is 5.91 Å². The molecular weight excluding hydrogens is 368 g/mol. The first-order valence-corrected chi connectivity index (χ1v) is 10.3. The fourth-order valence-electron chi connectivity index (χ4n) is 3.14. The summed E-state index contributed by atoms with van der Waals surface area (Å²) in [5.41, 5.74) is 2.46. The molecule has 0 aliphatic heterocycles. The maximum Gasteiger partial charge on any atom is 0.342 e. The molecule has 2 amide bonds. The fourth-order valence-corrected chi connectivity index (χ4v) is 3.14. The fraction of sp³-hybridized carbons (Fsp3) is 0.500. The number of nitrogens with one attached hydrogen (secondary N) is 2. The van der Waals surface area contributed by atoms with Crippen molar-refractivity contribution in [2.24, 2.45) is 5.92 Å². The van der Waals surface area contributed by atoms with Crippen LogP contribution in [-0.2, 0) is 4.79 Å². The van der Waals surface area contributed by atoms with Crippen molar-refractivity contribution in [3.63, 3.8) is 0 Å². The van der Waals surface area contributed by atoms with E-state index in [9.17, 15) is 14.7 Å². The van der Waals surface area contributed by atoms with Crippen LogP contribution >= 0.6 is 0 Å². The van der Waals surface area contributed by atoms with Gasteiger partial charge in [0.05, 0.1) is 11.4 Å². The molecule has 1 fully saturated rings. The average Bonchev–Trinajstić information content (AvgIpc) is 3.40. The monoisotopic (exact) mass is 398 g/mol. The van der Waals surface area contributed by atoms with Crippen molar-refractivity contribution in [2.75, 3.05) is 5.32 Å². The number of hydrogen-bond donors (Lipinski definition) is 3. The molecule has 7 nitrogen and oxygen atoms in total. The molecule has 29 heavy (non-hydrogen) atoms. The van der Waals surface area contributed by atoms with Crippen LogP contribution in [0, 0.1) is 5.92 Å². The summed E-state index contributed by atoms with van der Waals surface area (Å²) in [7, 11) is 0. The molecule has 1 unspecified atom stereocenters. The van der Waals surface area contributed by atoms with Crippen molar-refractivity contribution in [3.8, 4) is 17.0 Å². The molecule has 1 aromatic heterocycles. The Hall–Kier alpha value is -2.83. The Balaban J connectivity index is 1.90. The van der Waals surface area contributed by atoms with Crippen molar-refractivity contribution < 1.29 is 14.7 Å². The van der Waals surface area contributed by atoms with Crippen molar-refractivity contribution >= 4 is 17.6 Å². The van der Waals surface area contributed by atoms with Crippen LogP contribution in [-0.4, -0.2) is 32.9 Å². The van der Waals surface area contributed by atoms with Gasteiger partial charge in [-0.1, -0.05) is 20.8 Å². The number of nitrogens with zero attached hydrogens (tertiary/aromatic N) is 2. The lowest BCUT2D eigenvalue weighted by atomic mass is 10.1. The first kappa shape index (κ1) is 20.9. The third kappa shape index (κ3) is 5.16. The minimum Gasteiger partial charge on any atom is -0.507 e. The highest BCUT2D eigenvalue weighted by atomic mass is 16.3. The van der Waals surface area contributed by atoms with E-state index in [4.69, 9.17) is 0 Å². The van der Waals surface area contributed by atoms with E-state index in [0.29, 0.717) is 29.3 Å². The van der Waals surface area contributed by atoms with Crippen molar-refractivity contribution in [3.05, 3.63) is 30.0 Å². The summed E-state index contributed by atoms with van der Waals surface area (Å²) in [5, 5.41) is 20.7. The number of benzene rings is 1. The Kier molecular flexibility index (Phi) is 6.25. The maximum atomic E-state index is 12.7. The maximum absolute atomic E-state index is 12.7. The molecule has 0 saturated heterocycles. The average molecular weight is 399 g/mol. The number of amides is 2. The second-order valence-electron chi connectivity index (χ2n) is 8.28. The second-order valence-corrected chi connectivity index (χ2v) is 8.28. The van der Waals surface area contributed by atoms with Crippen LogP contribution < -0.4 is 10.6 Å². The number of anilines is 1. The molecule has 2 aromatic rings. The molecule has 0 radical (unpaired) electrons. The lowest BCUT2D eigenvalue weighted by Crippen LogP contribution is -2.36. The summed E-state index contributed by atoms with van der Waals surface area (Å²) in [6, 6.07) is 6.55. The van der Waals surface area contributed by atoms with Crippen LogP contribution in [0.4, 0.5) is 10.5 Å². The molecule has 3 rings (SSSR count). The second kappa shape index (κ2) is 8.68. The molecule has 156 valence electrons. The van der Waals surface area contributed by atoms with E-state index in [2.05, 4.69) is 15.7 Å². The van der Waals surface area contributed by atoms with Gasteiger partial charge in [-0.3, -0.25) is 4.79 Å². The molecule has 3 N–H and O–H groups in total. The first-order valence-electron chi connectivity index (χ1n) is 10.3. The SMILES string of the molecule is CCC(C)NC(=O)n1nc(-c2cc(NC(=O)CC(C)C)ccc2O)cc1C1CC1. The van der Waals surface area contributed by atoms with Crippen LogP contribution in [0.2, 0.25) is 0 Å². The van der Waals surface area contributed by atoms with E-state index < -0.39 is 0 Å². The van der Waals surface area contributed by atoms with Gasteiger partial charge in [0.15, 0.2) is 0 Å². The topological polar surface area (TPSA) is 96.3 Å². The zero-order valence-corrected chi connectivity index (χ0v) is 17.5. The summed E-state index contributed by atoms with van der Waals surface area (Å²) in [4.78, 5) is 24.8. The summed E-state index contributed by atoms with van der Waals surface area (Å²) in [6.45, 7) is 7.93. The van der Waals surface area contributed by atoms with Gasteiger partial charge in [-0.25, -0.2) is 4.79 Å². The zero-order valence-electron chi connectivity index (χ0n) is 17.5. The van der Waals surface area contributed by atoms with Gasteiger partial charge < -0.3 is 15.7 Å². The Morgan fingerprint density at radius 3 is 2.59 bits per heavy atom. The molecule has 0 bridgehead atoms. The minimum atomic E-state index is -0.256. The zero-order chi connectivity index (χ0) is 21.1. The van der Waals surface area contributed by atoms with Gasteiger partial charge in [-0.05, 0) is 56.4 Å². The Labute approximate surface area is 171 Å². The molecule has 7 heteroatoms. The van der Waals surface area contributed by atoms with Crippen molar-refractivity contribution in [1.29, 1.82) is 0 Å². The van der Waals surface area contributed by atoms with Crippen LogP contribution in [0.25, 0.3) is 11.3 Å². The molecule has 1 aromatic carbocycles. The number of carbonyl (C=O) groups excluding carboxylic acids is 2. The van der Waals surface area contributed by atoms with Crippen LogP contribution in [0.1, 0.15) is 65.0 Å². The molecule has 1 atom stereocenters. The summed E-state index contributed by atoms with van der Waals surface area (Å²) in [5.74, 6) is 0.553. The van der Waals surface area contributed by atoms with Crippen molar-refractivity contribution in [2.45, 2.75) is 65.3 Å². The largest absolute Gasteiger partial charge is 0.507 e. The summed E-state index contributed by atoms with van der Waals surface area (Å²) in [6.07, 6.45) is 3.31. The summed E-state index contributed by atoms with van der Waals surface area (Å²) < 4.78 is 1.42. The number of rotatable bonds is 7. The molecule has 0 spiro atoms. The van der Waals surface area contributed by atoms with Crippen LogP contribution in [0.5, 0.6) is 5.75 Å². The molecule has 1 saturated carbocycles. The molecule has 1 aliphatic rings. The molecule has 1 aliphatic carbocycles. The van der Waals surface area contributed by atoms with E-state index in [1.807, 2.05) is 33.8 Å². The number of hydrogen-bond acceptors (Lipinski definition) is 4. The number of aromatic hydroxyl groups is 1. The van der Waals surface area contributed by atoms with Gasteiger partial charge in [0.1, 0.15) is 5.75 Å². The van der Waals surface area contributed by atoms with E-state index in [-0.39, 0.29) is 29.6 Å². The van der Waals surface area contributed by atoms with E-state index in [0.717, 1.165) is 25.0 Å². The van der Waals surface area contributed by atoms with Gasteiger partial charge in [0.25, 0.3) is 0 Å². The van der Waals surface area contributed by atoms with Crippen LogP contribution in [0.3, 0.4) is 0 Å². The van der Waals surface area contributed by atoms with Gasteiger partial charge in [-0.2, -0.15) is 9.78 Å². The van der Waals surface area contributed by atoms with Crippen LogP contribution in [0.15, 0.2) is 24.3 Å². The van der Waals surface area contributed by atoms with E-state index in [1.165, 1.54) is 10.7 Å². The highest BCUT2D eigenvalue weighted by Gasteiger charge is 2.31. The van der Waals surface area contributed by atoms with Gasteiger partial charge in [-0.15, -0.1) is 0 Å². The van der Waals surface area contributed by atoms with Crippen molar-refractivity contribution in [1.82, 2.24) is 15.1 Å². The number of phenolic OH excluding ortho intramolecular Hbond substituents is 1. The Morgan fingerprint density at radius 1 is 1.24 bits per heavy atom. The Morgan fingerprint density at radius 2 is 1.97 bits per heavy atom. The third-order valence-electron chi connectivity index (χ3n) is 5.06. The quantitative estimate of drug-likeness (QED) is 0.599. The minimum absolute atomic E-state index is 0.0510. The molecule has 1 heterocycles. The summed E-state index contributed by atoms with van der Waals surface area (Å²) >= 11 is 0. The van der Waals surface area contributed by atoms with E-state index >= 15 is 0 Å². The predicted molar refractivity (Wildman–Crippen MR) is 113 cm³/mol. The number of phenols is 1. The van der Waals surface area contributed by atoms with Gasteiger partial charge in [0, 0.05) is 29.6 Å². The lowest BCUT2D eigenvalue weighted by Gasteiger charge is -2.12. The standard InChI is InChI=1S/C22H30N4O3/c1-5-14(4)23-22(29)26-19(15-6-7-15)12-18(25-26)17-11-16(8-9-20(17)27)24-21(28)10-13(2)3/h8-9,11-15,27H,5-7,10H2,1-4H3,(H,23,29)(H,24,28). The highest BCUT2D eigenvalue weighted by molar-refractivity contribution is 5.92. The predicted octanol–water partition coefficient (Wildman–Crippen LogP) is 4.47.